The zero-order chi connectivity index (χ0) is 21.5. The van der Waals surface area contributed by atoms with Gasteiger partial charge in [0.15, 0.2) is 0 Å². The number of nitrogens with one attached hydrogen (secondary N) is 4. The van der Waals surface area contributed by atoms with Gasteiger partial charge in [-0.3, -0.25) is 14.4 Å². The molecule has 0 heterocycles. The van der Waals surface area contributed by atoms with Crippen molar-refractivity contribution in [2.45, 2.75) is 25.3 Å². The number of nitrogens with two attached hydrogens (primary N) is 1. The lowest BCUT2D eigenvalue weighted by atomic mass is 10.1. The molecule has 0 spiro atoms. The number of rotatable bonds is 8. The molecule has 0 aliphatic heterocycles. The molecule has 0 saturated heterocycles. The van der Waals surface area contributed by atoms with Crippen molar-refractivity contribution < 1.29 is 19.2 Å². The normalized spacial score (nSPS) is 12.5. The van der Waals surface area contributed by atoms with Crippen LogP contribution in [0.25, 0.3) is 0 Å². The monoisotopic (exact) mass is 409 g/mol. The summed E-state index contributed by atoms with van der Waals surface area (Å²) >= 11 is 0. The van der Waals surface area contributed by atoms with Crippen molar-refractivity contribution in [3.63, 3.8) is 0 Å². The zero-order valence-electron chi connectivity index (χ0n) is 16.2. The average Bonchev–Trinajstić information content (AvgIpc) is 3.52. The van der Waals surface area contributed by atoms with Gasteiger partial charge >= 0.3 is 6.03 Å². The SMILES string of the molecule is NC(=O)CCNC(=O)c1ccccc1NC(=O)c1ccc(NC(=O)NC2CC2)cc1. The first-order chi connectivity index (χ1) is 14.4. The van der Waals surface area contributed by atoms with Crippen molar-refractivity contribution in [1.82, 2.24) is 10.6 Å². The number of primary amides is 1. The number of amides is 5. The Morgan fingerprint density at radius 2 is 1.60 bits per heavy atom. The van der Waals surface area contributed by atoms with Gasteiger partial charge < -0.3 is 27.0 Å². The van der Waals surface area contributed by atoms with Crippen LogP contribution >= 0.6 is 0 Å². The second kappa shape index (κ2) is 9.55. The molecule has 6 N–H and O–H groups in total. The number of carbonyl (C=O) groups excluding carboxylic acids is 4. The molecule has 5 amide bonds. The highest BCUT2D eigenvalue weighted by Crippen LogP contribution is 2.19. The Labute approximate surface area is 173 Å². The van der Waals surface area contributed by atoms with Crippen molar-refractivity contribution in [3.8, 4) is 0 Å². The molecule has 0 aromatic heterocycles. The minimum absolute atomic E-state index is 0.0271. The third-order valence-electron chi connectivity index (χ3n) is 4.39. The Morgan fingerprint density at radius 3 is 2.27 bits per heavy atom. The summed E-state index contributed by atoms with van der Waals surface area (Å²) in [7, 11) is 0. The summed E-state index contributed by atoms with van der Waals surface area (Å²) in [6.45, 7) is 0.110. The van der Waals surface area contributed by atoms with E-state index in [1.54, 1.807) is 48.5 Å². The summed E-state index contributed by atoms with van der Waals surface area (Å²) in [5.74, 6) is -1.34. The zero-order valence-corrected chi connectivity index (χ0v) is 16.2. The van der Waals surface area contributed by atoms with Crippen LogP contribution in [-0.2, 0) is 4.79 Å². The summed E-state index contributed by atoms with van der Waals surface area (Å²) in [5, 5.41) is 10.8. The van der Waals surface area contributed by atoms with Gasteiger partial charge in [-0.25, -0.2) is 4.79 Å². The van der Waals surface area contributed by atoms with E-state index in [1.165, 1.54) is 0 Å². The van der Waals surface area contributed by atoms with Crippen LogP contribution in [0, 0.1) is 0 Å². The average molecular weight is 409 g/mol. The molecule has 2 aromatic carbocycles. The molecule has 9 heteroatoms. The lowest BCUT2D eigenvalue weighted by molar-refractivity contribution is -0.117. The van der Waals surface area contributed by atoms with E-state index in [0.717, 1.165) is 12.8 Å². The van der Waals surface area contributed by atoms with Crippen molar-refractivity contribution in [2.24, 2.45) is 5.73 Å². The standard InChI is InChI=1S/C21H23N5O4/c22-18(27)11-12-23-20(29)16-3-1-2-4-17(16)26-19(28)13-5-7-14(8-6-13)24-21(30)25-15-9-10-15/h1-8,15H,9-12H2,(H2,22,27)(H,23,29)(H,26,28)(H2,24,25,30). The Balaban J connectivity index is 1.60. The maximum absolute atomic E-state index is 12.6. The second-order valence-corrected chi connectivity index (χ2v) is 6.92. The molecule has 1 saturated carbocycles. The van der Waals surface area contributed by atoms with Crippen LogP contribution in [0.15, 0.2) is 48.5 Å². The molecule has 156 valence electrons. The van der Waals surface area contributed by atoms with Crippen LogP contribution < -0.4 is 27.0 Å². The van der Waals surface area contributed by atoms with E-state index >= 15 is 0 Å². The van der Waals surface area contributed by atoms with Gasteiger partial charge in [0, 0.05) is 30.3 Å². The fourth-order valence-electron chi connectivity index (χ4n) is 2.66. The summed E-state index contributed by atoms with van der Waals surface area (Å²) < 4.78 is 0. The fourth-order valence-corrected chi connectivity index (χ4v) is 2.66. The van der Waals surface area contributed by atoms with Gasteiger partial charge in [-0.15, -0.1) is 0 Å². The van der Waals surface area contributed by atoms with E-state index in [-0.39, 0.29) is 30.6 Å². The van der Waals surface area contributed by atoms with E-state index in [0.29, 0.717) is 16.9 Å². The number of hydrogen-bond donors (Lipinski definition) is 5. The number of urea groups is 1. The van der Waals surface area contributed by atoms with Gasteiger partial charge in [0.25, 0.3) is 11.8 Å². The molecule has 1 aliphatic carbocycles. The van der Waals surface area contributed by atoms with Crippen LogP contribution in [0.5, 0.6) is 0 Å². The van der Waals surface area contributed by atoms with E-state index in [1.807, 2.05) is 0 Å². The first-order valence-corrected chi connectivity index (χ1v) is 9.57. The molecule has 0 atom stereocenters. The molecular weight excluding hydrogens is 386 g/mol. The summed E-state index contributed by atoms with van der Waals surface area (Å²) in [4.78, 5) is 47.5. The van der Waals surface area contributed by atoms with Gasteiger partial charge in [-0.05, 0) is 49.2 Å². The smallest absolute Gasteiger partial charge is 0.319 e. The van der Waals surface area contributed by atoms with E-state index in [2.05, 4.69) is 21.3 Å². The van der Waals surface area contributed by atoms with E-state index in [4.69, 9.17) is 5.73 Å². The van der Waals surface area contributed by atoms with Gasteiger partial charge in [0.2, 0.25) is 5.91 Å². The van der Waals surface area contributed by atoms with Gasteiger partial charge in [-0.2, -0.15) is 0 Å². The molecule has 0 radical (unpaired) electrons. The molecule has 2 aromatic rings. The van der Waals surface area contributed by atoms with Crippen molar-refractivity contribution in [2.75, 3.05) is 17.2 Å². The fraction of sp³-hybridized carbons (Fsp3) is 0.238. The van der Waals surface area contributed by atoms with Gasteiger partial charge in [0.05, 0.1) is 11.3 Å². The van der Waals surface area contributed by atoms with E-state index < -0.39 is 17.7 Å². The molecule has 30 heavy (non-hydrogen) atoms. The predicted octanol–water partition coefficient (Wildman–Crippen LogP) is 1.83. The Hall–Kier alpha value is -3.88. The minimum Gasteiger partial charge on any atom is -0.370 e. The molecule has 1 fully saturated rings. The number of carbonyl (C=O) groups is 4. The summed E-state index contributed by atoms with van der Waals surface area (Å²) in [6, 6.07) is 12.9. The maximum atomic E-state index is 12.6. The van der Waals surface area contributed by atoms with Crippen LogP contribution in [0.2, 0.25) is 0 Å². The van der Waals surface area contributed by atoms with Crippen LogP contribution in [0.3, 0.4) is 0 Å². The molecular formula is C21H23N5O4. The highest BCUT2D eigenvalue weighted by atomic mass is 16.2. The molecule has 3 rings (SSSR count). The lowest BCUT2D eigenvalue weighted by Gasteiger charge is -2.12. The van der Waals surface area contributed by atoms with Gasteiger partial charge in [-0.1, -0.05) is 12.1 Å². The van der Waals surface area contributed by atoms with Crippen LogP contribution in [-0.4, -0.2) is 36.3 Å². The minimum atomic E-state index is -0.514. The highest BCUT2D eigenvalue weighted by molar-refractivity contribution is 6.09. The Morgan fingerprint density at radius 1 is 0.900 bits per heavy atom. The number of para-hydroxylation sites is 1. The molecule has 0 unspecified atom stereocenters. The lowest BCUT2D eigenvalue weighted by Crippen LogP contribution is -2.30. The topological polar surface area (TPSA) is 142 Å². The third-order valence-corrected chi connectivity index (χ3v) is 4.39. The number of hydrogen-bond acceptors (Lipinski definition) is 4. The third kappa shape index (κ3) is 6.06. The maximum Gasteiger partial charge on any atom is 0.319 e. The first kappa shape index (κ1) is 20.8. The summed E-state index contributed by atoms with van der Waals surface area (Å²) in [5.41, 5.74) is 6.61. The second-order valence-electron chi connectivity index (χ2n) is 6.92. The van der Waals surface area contributed by atoms with E-state index in [9.17, 15) is 19.2 Å². The molecule has 9 nitrogen and oxygen atoms in total. The van der Waals surface area contributed by atoms with Crippen LogP contribution in [0.1, 0.15) is 40.0 Å². The largest absolute Gasteiger partial charge is 0.370 e. The van der Waals surface area contributed by atoms with Crippen molar-refractivity contribution >= 4 is 35.1 Å². The van der Waals surface area contributed by atoms with Crippen molar-refractivity contribution in [3.05, 3.63) is 59.7 Å². The number of benzene rings is 2. The van der Waals surface area contributed by atoms with Crippen molar-refractivity contribution in [1.29, 1.82) is 0 Å². The summed E-state index contributed by atoms with van der Waals surface area (Å²) in [6.07, 6.45) is 2.02. The first-order valence-electron chi connectivity index (χ1n) is 9.57. The Bertz CT molecular complexity index is 954. The number of anilines is 2. The molecule has 0 bridgehead atoms. The van der Waals surface area contributed by atoms with Gasteiger partial charge in [0.1, 0.15) is 0 Å². The molecule has 1 aliphatic rings. The van der Waals surface area contributed by atoms with Crippen LogP contribution in [0.4, 0.5) is 16.2 Å². The Kier molecular flexibility index (Phi) is 6.63. The highest BCUT2D eigenvalue weighted by Gasteiger charge is 2.23. The quantitative estimate of drug-likeness (QED) is 0.453. The predicted molar refractivity (Wildman–Crippen MR) is 112 cm³/mol.